The second-order valence-electron chi connectivity index (χ2n) is 11.9. The van der Waals surface area contributed by atoms with Crippen LogP contribution in [0.25, 0.3) is 28.3 Å². The molecule has 0 fully saturated rings. The number of aromatic nitrogens is 5. The largest absolute Gasteiger partial charge is 0.379 e. The molecule has 248 valence electrons. The maximum Gasteiger partial charge on any atom is 0.234 e. The van der Waals surface area contributed by atoms with Crippen molar-refractivity contribution in [2.45, 2.75) is 65.5 Å². The van der Waals surface area contributed by atoms with Gasteiger partial charge in [-0.2, -0.15) is 9.97 Å². The average Bonchev–Trinajstić information content (AvgIpc) is 3.39. The first-order chi connectivity index (χ1) is 24.1. The van der Waals surface area contributed by atoms with Crippen LogP contribution in [0.2, 0.25) is 0 Å². The first-order valence-electron chi connectivity index (χ1n) is 17.3. The minimum absolute atomic E-state index is 0.0526. The Bertz CT molecular complexity index is 1920. The van der Waals surface area contributed by atoms with Gasteiger partial charge in [-0.25, -0.2) is 4.98 Å². The van der Waals surface area contributed by atoms with E-state index in [1.807, 2.05) is 36.5 Å². The van der Waals surface area contributed by atoms with Crippen molar-refractivity contribution in [2.75, 3.05) is 11.4 Å². The predicted molar refractivity (Wildman–Crippen MR) is 202 cm³/mol. The fourth-order valence-corrected chi connectivity index (χ4v) is 6.08. The maximum absolute atomic E-state index is 5.25. The fourth-order valence-electron chi connectivity index (χ4n) is 6.08. The van der Waals surface area contributed by atoms with Gasteiger partial charge in [0.1, 0.15) is 0 Å². The average molecular weight is 649 g/mol. The number of allylic oxidation sites excluding steroid dienone is 11. The minimum atomic E-state index is -0.120. The molecule has 8 nitrogen and oxygen atoms in total. The molecule has 3 aromatic heterocycles. The Labute approximate surface area is 290 Å². The summed E-state index contributed by atoms with van der Waals surface area (Å²) in [5.74, 6) is 1.81. The number of anilines is 1. The molecule has 2 unspecified atom stereocenters. The molecule has 49 heavy (non-hydrogen) atoms. The van der Waals surface area contributed by atoms with Gasteiger partial charge in [0.25, 0.3) is 0 Å². The highest BCUT2D eigenvalue weighted by Crippen LogP contribution is 2.35. The molecule has 6 rings (SSSR count). The Kier molecular flexibility index (Phi) is 11.0. The van der Waals surface area contributed by atoms with E-state index in [0.29, 0.717) is 30.6 Å². The van der Waals surface area contributed by atoms with E-state index < -0.39 is 0 Å². The van der Waals surface area contributed by atoms with Gasteiger partial charge in [0.15, 0.2) is 11.6 Å². The van der Waals surface area contributed by atoms with Crippen molar-refractivity contribution in [3.8, 4) is 22.8 Å². The maximum atomic E-state index is 5.25. The fraction of sp³-hybridized carbons (Fsp3) is 0.268. The molecule has 5 heterocycles. The molecule has 3 aliphatic rings. The van der Waals surface area contributed by atoms with Crippen molar-refractivity contribution in [3.05, 3.63) is 138 Å². The summed E-state index contributed by atoms with van der Waals surface area (Å²) in [5.41, 5.74) is 7.84. The molecule has 0 saturated carbocycles. The Morgan fingerprint density at radius 3 is 2.61 bits per heavy atom. The Hall–Kier alpha value is -5.50. The number of nitrogens with zero attached hydrogens (tertiary/aromatic N) is 7. The monoisotopic (exact) mass is 648 g/mol. The minimum Gasteiger partial charge on any atom is -0.379 e. The van der Waals surface area contributed by atoms with Gasteiger partial charge < -0.3 is 10.2 Å². The van der Waals surface area contributed by atoms with Crippen LogP contribution in [0.4, 0.5) is 5.95 Å². The molecule has 0 saturated heterocycles. The van der Waals surface area contributed by atoms with Crippen LogP contribution in [0, 0.1) is 0 Å². The highest BCUT2D eigenvalue weighted by atomic mass is 15.3. The highest BCUT2D eigenvalue weighted by molar-refractivity contribution is 6.01. The smallest absolute Gasteiger partial charge is 0.234 e. The summed E-state index contributed by atoms with van der Waals surface area (Å²) < 4.78 is 0. The third-order valence-electron chi connectivity index (χ3n) is 8.49. The molecule has 0 amide bonds. The van der Waals surface area contributed by atoms with Crippen molar-refractivity contribution in [3.63, 3.8) is 0 Å². The molecule has 0 spiro atoms. The van der Waals surface area contributed by atoms with Crippen LogP contribution in [-0.4, -0.2) is 49.3 Å². The van der Waals surface area contributed by atoms with Crippen molar-refractivity contribution in [2.24, 2.45) is 4.99 Å². The summed E-state index contributed by atoms with van der Waals surface area (Å²) in [6, 6.07) is 9.62. The number of pyridine rings is 2. The Balaban J connectivity index is 1.54. The van der Waals surface area contributed by atoms with E-state index in [-0.39, 0.29) is 12.1 Å². The van der Waals surface area contributed by atoms with Crippen LogP contribution in [-0.2, 0) is 0 Å². The standard InChI is InChI=1S/C41H44N8/c1-5-8-19-34-29(4)49(33-18-12-10-11-16-30(34)26-33)41-47-39(31-17-15-24-44-37(27-31)35(42-7-3)20-9-6-2)46-40(48-41)32-22-25-45-38(28-32)36-21-13-14-23-43-36/h8-9,11-16,18-28,33,37,44H,5-7,10,17H2,1-4H3/b16-11-,18-12-,19-8-,20-9-,42-35+. The van der Waals surface area contributed by atoms with E-state index in [1.165, 1.54) is 11.1 Å². The first kappa shape index (κ1) is 33.4. The van der Waals surface area contributed by atoms with Crippen LogP contribution < -0.4 is 10.2 Å². The van der Waals surface area contributed by atoms with Crippen molar-refractivity contribution < 1.29 is 0 Å². The van der Waals surface area contributed by atoms with E-state index in [4.69, 9.17) is 19.9 Å². The van der Waals surface area contributed by atoms with Gasteiger partial charge in [-0.15, -0.1) is 0 Å². The number of nitrogens with one attached hydrogen (secondary N) is 1. The number of rotatable bonds is 10. The lowest BCUT2D eigenvalue weighted by Crippen LogP contribution is -2.36. The lowest BCUT2D eigenvalue weighted by molar-refractivity contribution is 0.801. The molecule has 0 radical (unpaired) electrons. The van der Waals surface area contributed by atoms with Gasteiger partial charge in [-0.1, -0.05) is 68.5 Å². The van der Waals surface area contributed by atoms with E-state index in [2.05, 4.69) is 115 Å². The van der Waals surface area contributed by atoms with Gasteiger partial charge in [-0.05, 0) is 99.4 Å². The second-order valence-corrected chi connectivity index (χ2v) is 11.9. The number of aliphatic imine (C=N–C) groups is 1. The summed E-state index contributed by atoms with van der Waals surface area (Å²) in [4.78, 5) is 31.8. The van der Waals surface area contributed by atoms with Crippen molar-refractivity contribution in [1.29, 1.82) is 0 Å². The second kappa shape index (κ2) is 16.1. The van der Waals surface area contributed by atoms with Gasteiger partial charge in [0.05, 0.1) is 29.2 Å². The first-order valence-corrected chi connectivity index (χ1v) is 17.3. The third-order valence-corrected chi connectivity index (χ3v) is 8.49. The van der Waals surface area contributed by atoms with Gasteiger partial charge in [0, 0.05) is 35.8 Å². The van der Waals surface area contributed by atoms with Crippen LogP contribution >= 0.6 is 0 Å². The number of hydrogen-bond acceptors (Lipinski definition) is 8. The molecule has 2 bridgehead atoms. The predicted octanol–water partition coefficient (Wildman–Crippen LogP) is 8.55. The lowest BCUT2D eigenvalue weighted by Gasteiger charge is -2.35. The Morgan fingerprint density at radius 2 is 1.80 bits per heavy atom. The molecule has 8 heteroatoms. The molecule has 3 aromatic rings. The van der Waals surface area contributed by atoms with Crippen LogP contribution in [0.3, 0.4) is 0 Å². The van der Waals surface area contributed by atoms with Crippen molar-refractivity contribution in [1.82, 2.24) is 30.2 Å². The van der Waals surface area contributed by atoms with E-state index in [0.717, 1.165) is 53.2 Å². The van der Waals surface area contributed by atoms with Gasteiger partial charge in [-0.3, -0.25) is 15.0 Å². The van der Waals surface area contributed by atoms with Crippen LogP contribution in [0.5, 0.6) is 0 Å². The SMILES string of the molecule is CC/C=C\C1=C(C)N(c2nc(C3=CC(C(/C=C\CC)=N/CC)NC=CC3)nc(-c3ccnc(-c4ccccn4)c3)n2)C2C=C1/C=C\C/C=C\2. The molecule has 0 aromatic carbocycles. The molecule has 1 aliphatic carbocycles. The zero-order chi connectivity index (χ0) is 34.0. The molecular formula is C41H44N8. The number of fused-ring (bicyclic) bond motifs is 1. The zero-order valence-corrected chi connectivity index (χ0v) is 28.8. The number of hydrogen-bond donors (Lipinski definition) is 1. The molecule has 1 N–H and O–H groups in total. The zero-order valence-electron chi connectivity index (χ0n) is 28.8. The molecule has 2 atom stereocenters. The summed E-state index contributed by atoms with van der Waals surface area (Å²) in [5, 5.41) is 3.52. The van der Waals surface area contributed by atoms with Gasteiger partial charge in [0.2, 0.25) is 5.95 Å². The van der Waals surface area contributed by atoms with E-state index in [9.17, 15) is 0 Å². The summed E-state index contributed by atoms with van der Waals surface area (Å²) in [7, 11) is 0. The quantitative estimate of drug-likeness (QED) is 0.174. The molecule has 2 aliphatic heterocycles. The van der Waals surface area contributed by atoms with E-state index >= 15 is 0 Å². The third kappa shape index (κ3) is 7.81. The summed E-state index contributed by atoms with van der Waals surface area (Å²) >= 11 is 0. The summed E-state index contributed by atoms with van der Waals surface area (Å²) in [6.07, 6.45) is 33.2. The lowest BCUT2D eigenvalue weighted by atomic mass is 9.93. The molecular weight excluding hydrogens is 605 g/mol. The van der Waals surface area contributed by atoms with Crippen LogP contribution in [0.15, 0.2) is 138 Å². The normalized spacial score (nSPS) is 20.8. The highest BCUT2D eigenvalue weighted by Gasteiger charge is 2.29. The topological polar surface area (TPSA) is 92.1 Å². The van der Waals surface area contributed by atoms with Crippen LogP contribution in [0.1, 0.15) is 59.2 Å². The Morgan fingerprint density at radius 1 is 0.939 bits per heavy atom. The summed E-state index contributed by atoms with van der Waals surface area (Å²) in [6.45, 7) is 9.21. The van der Waals surface area contributed by atoms with E-state index in [1.54, 1.807) is 12.4 Å². The van der Waals surface area contributed by atoms with Crippen molar-refractivity contribution >= 4 is 17.2 Å². The van der Waals surface area contributed by atoms with Gasteiger partial charge >= 0.3 is 0 Å².